The normalized spacial score (nSPS) is 13.8. The fraction of sp³-hybridized carbons (Fsp3) is 0.238. The molecular weight excluding hydrogens is 354 g/mol. The summed E-state index contributed by atoms with van der Waals surface area (Å²) in [7, 11) is 0. The number of anilines is 1. The highest BCUT2D eigenvalue weighted by atomic mass is 16.3. The number of carbonyl (C=O) groups excluding carboxylic acids is 1. The number of fused-ring (bicyclic) bond motifs is 1. The molecular formula is C21H19N5O2. The first-order valence-electron chi connectivity index (χ1n) is 9.32. The van der Waals surface area contributed by atoms with Crippen molar-refractivity contribution in [1.82, 2.24) is 20.2 Å². The Labute approximate surface area is 161 Å². The number of benzene rings is 2. The Morgan fingerprint density at radius 3 is 2.82 bits per heavy atom. The Morgan fingerprint density at radius 1 is 1.21 bits per heavy atom. The Hall–Kier alpha value is -3.48. The highest BCUT2D eigenvalue weighted by Crippen LogP contribution is 2.36. The molecule has 1 aliphatic carbocycles. The maximum absolute atomic E-state index is 12.5. The average Bonchev–Trinajstić information content (AvgIpc) is 3.29. The van der Waals surface area contributed by atoms with Gasteiger partial charge in [-0.25, -0.2) is 4.68 Å². The maximum atomic E-state index is 12.5. The van der Waals surface area contributed by atoms with Crippen molar-refractivity contribution in [3.8, 4) is 11.4 Å². The number of carbonyl (C=O) groups is 1. The van der Waals surface area contributed by atoms with Gasteiger partial charge in [0, 0.05) is 22.2 Å². The number of hydrogen-bond acceptors (Lipinski definition) is 5. The van der Waals surface area contributed by atoms with Crippen LogP contribution in [0.3, 0.4) is 0 Å². The Balaban J connectivity index is 1.29. The molecule has 28 heavy (non-hydrogen) atoms. The predicted molar refractivity (Wildman–Crippen MR) is 105 cm³/mol. The molecule has 2 aromatic carbocycles. The van der Waals surface area contributed by atoms with E-state index in [-0.39, 0.29) is 12.3 Å². The van der Waals surface area contributed by atoms with Gasteiger partial charge in [0.05, 0.1) is 18.7 Å². The van der Waals surface area contributed by atoms with E-state index in [0.29, 0.717) is 6.04 Å². The van der Waals surface area contributed by atoms with Gasteiger partial charge in [-0.05, 0) is 66.1 Å². The van der Waals surface area contributed by atoms with Crippen LogP contribution in [0.4, 0.5) is 5.69 Å². The Morgan fingerprint density at radius 2 is 2.04 bits per heavy atom. The zero-order valence-corrected chi connectivity index (χ0v) is 15.4. The van der Waals surface area contributed by atoms with Gasteiger partial charge in [0.2, 0.25) is 5.91 Å². The summed E-state index contributed by atoms with van der Waals surface area (Å²) >= 11 is 0. The number of amides is 1. The summed E-state index contributed by atoms with van der Waals surface area (Å²) in [5.41, 5.74) is 4.49. The maximum Gasteiger partial charge on any atom is 0.228 e. The molecule has 1 saturated carbocycles. The van der Waals surface area contributed by atoms with E-state index in [2.05, 4.69) is 20.8 Å². The third-order valence-corrected chi connectivity index (χ3v) is 4.97. The second-order valence-electron chi connectivity index (χ2n) is 7.24. The molecule has 0 spiro atoms. The first kappa shape index (κ1) is 16.7. The molecule has 140 valence electrons. The molecule has 0 bridgehead atoms. The highest BCUT2D eigenvalue weighted by Gasteiger charge is 2.28. The van der Waals surface area contributed by atoms with Crippen LogP contribution in [0.1, 0.15) is 30.0 Å². The molecule has 1 fully saturated rings. The SMILES string of the molecule is Cc1ccc2c(CC(=O)Nc3ccc(-c4nnnn4C4CC4)cc3)coc2c1. The fourth-order valence-electron chi connectivity index (χ4n) is 3.36. The van der Waals surface area contributed by atoms with Gasteiger partial charge in [0.25, 0.3) is 0 Å². The zero-order chi connectivity index (χ0) is 19.1. The van der Waals surface area contributed by atoms with Gasteiger partial charge in [-0.3, -0.25) is 4.79 Å². The largest absolute Gasteiger partial charge is 0.464 e. The van der Waals surface area contributed by atoms with E-state index in [1.54, 1.807) is 6.26 Å². The monoisotopic (exact) mass is 373 g/mol. The summed E-state index contributed by atoms with van der Waals surface area (Å²) in [6, 6.07) is 14.0. The molecule has 0 unspecified atom stereocenters. The molecule has 7 heteroatoms. The fourth-order valence-corrected chi connectivity index (χ4v) is 3.36. The molecule has 1 aliphatic rings. The first-order chi connectivity index (χ1) is 13.7. The third kappa shape index (κ3) is 3.15. The van der Waals surface area contributed by atoms with Crippen molar-refractivity contribution in [1.29, 1.82) is 0 Å². The number of tetrazole rings is 1. The first-order valence-corrected chi connectivity index (χ1v) is 9.32. The summed E-state index contributed by atoms with van der Waals surface area (Å²) < 4.78 is 7.45. The zero-order valence-electron chi connectivity index (χ0n) is 15.4. The van der Waals surface area contributed by atoms with E-state index in [4.69, 9.17) is 4.42 Å². The van der Waals surface area contributed by atoms with E-state index in [0.717, 1.165) is 52.0 Å². The van der Waals surface area contributed by atoms with Crippen molar-refractivity contribution in [2.24, 2.45) is 0 Å². The van der Waals surface area contributed by atoms with Crippen molar-refractivity contribution < 1.29 is 9.21 Å². The summed E-state index contributed by atoms with van der Waals surface area (Å²) in [6.07, 6.45) is 4.16. The van der Waals surface area contributed by atoms with Crippen LogP contribution < -0.4 is 5.32 Å². The molecule has 0 aliphatic heterocycles. The average molecular weight is 373 g/mol. The molecule has 0 radical (unpaired) electrons. The molecule has 2 heterocycles. The lowest BCUT2D eigenvalue weighted by Gasteiger charge is -2.07. The van der Waals surface area contributed by atoms with E-state index >= 15 is 0 Å². The number of aryl methyl sites for hydroxylation is 1. The quantitative estimate of drug-likeness (QED) is 0.573. The molecule has 0 atom stereocenters. The van der Waals surface area contributed by atoms with E-state index in [1.807, 2.05) is 54.1 Å². The highest BCUT2D eigenvalue weighted by molar-refractivity contribution is 5.95. The minimum atomic E-state index is -0.0844. The standard InChI is InChI=1S/C21H19N5O2/c1-13-2-9-18-15(12-28-19(18)10-13)11-20(27)22-16-5-3-14(4-6-16)21-23-24-25-26(21)17-7-8-17/h2-6,9-10,12,17H,7-8,11H2,1H3,(H,22,27). The van der Waals surface area contributed by atoms with Crippen molar-refractivity contribution in [3.63, 3.8) is 0 Å². The number of rotatable bonds is 5. The van der Waals surface area contributed by atoms with E-state index in [9.17, 15) is 4.79 Å². The van der Waals surface area contributed by atoms with Crippen molar-refractivity contribution in [2.45, 2.75) is 32.2 Å². The van der Waals surface area contributed by atoms with Gasteiger partial charge in [-0.2, -0.15) is 0 Å². The third-order valence-electron chi connectivity index (χ3n) is 4.97. The lowest BCUT2D eigenvalue weighted by molar-refractivity contribution is -0.115. The number of hydrogen-bond donors (Lipinski definition) is 1. The second kappa shape index (κ2) is 6.60. The lowest BCUT2D eigenvalue weighted by atomic mass is 10.1. The molecule has 7 nitrogen and oxygen atoms in total. The minimum Gasteiger partial charge on any atom is -0.464 e. The van der Waals surface area contributed by atoms with E-state index in [1.165, 1.54) is 0 Å². The van der Waals surface area contributed by atoms with Crippen molar-refractivity contribution in [3.05, 3.63) is 59.9 Å². The van der Waals surface area contributed by atoms with Crippen LogP contribution in [-0.4, -0.2) is 26.1 Å². The predicted octanol–water partition coefficient (Wildman–Crippen LogP) is 3.91. The smallest absolute Gasteiger partial charge is 0.228 e. The summed E-state index contributed by atoms with van der Waals surface area (Å²) in [6.45, 7) is 2.02. The number of aromatic nitrogens is 4. The van der Waals surface area contributed by atoms with Gasteiger partial charge in [0.1, 0.15) is 5.58 Å². The Kier molecular flexibility index (Phi) is 3.93. The summed E-state index contributed by atoms with van der Waals surface area (Å²) in [5, 5.41) is 15.9. The number of nitrogens with one attached hydrogen (secondary N) is 1. The van der Waals surface area contributed by atoms with Gasteiger partial charge in [-0.1, -0.05) is 12.1 Å². The van der Waals surface area contributed by atoms with Crippen LogP contribution in [-0.2, 0) is 11.2 Å². The molecule has 1 amide bonds. The van der Waals surface area contributed by atoms with Gasteiger partial charge >= 0.3 is 0 Å². The van der Waals surface area contributed by atoms with Crippen LogP contribution in [0, 0.1) is 6.92 Å². The van der Waals surface area contributed by atoms with E-state index < -0.39 is 0 Å². The summed E-state index contributed by atoms with van der Waals surface area (Å²) in [4.78, 5) is 12.5. The van der Waals surface area contributed by atoms with Crippen LogP contribution in [0.25, 0.3) is 22.4 Å². The van der Waals surface area contributed by atoms with Gasteiger partial charge in [-0.15, -0.1) is 5.10 Å². The van der Waals surface area contributed by atoms with Crippen LogP contribution in [0.5, 0.6) is 0 Å². The van der Waals surface area contributed by atoms with Gasteiger partial charge in [0.15, 0.2) is 5.82 Å². The van der Waals surface area contributed by atoms with Gasteiger partial charge < -0.3 is 9.73 Å². The molecule has 0 saturated heterocycles. The number of furan rings is 1. The van der Waals surface area contributed by atoms with Crippen LogP contribution in [0.15, 0.2) is 53.1 Å². The second-order valence-corrected chi connectivity index (χ2v) is 7.24. The van der Waals surface area contributed by atoms with Crippen molar-refractivity contribution in [2.75, 3.05) is 5.32 Å². The Bertz CT molecular complexity index is 1160. The summed E-state index contributed by atoms with van der Waals surface area (Å²) in [5.74, 6) is 0.680. The van der Waals surface area contributed by atoms with Crippen LogP contribution in [0.2, 0.25) is 0 Å². The molecule has 5 rings (SSSR count). The number of nitrogens with zero attached hydrogens (tertiary/aromatic N) is 4. The lowest BCUT2D eigenvalue weighted by Crippen LogP contribution is -2.14. The molecule has 2 aromatic heterocycles. The molecule has 4 aromatic rings. The minimum absolute atomic E-state index is 0.0844. The topological polar surface area (TPSA) is 85.8 Å². The van der Waals surface area contributed by atoms with Crippen molar-refractivity contribution >= 4 is 22.6 Å². The van der Waals surface area contributed by atoms with Crippen LogP contribution >= 0.6 is 0 Å². The molecule has 1 N–H and O–H groups in total.